The van der Waals surface area contributed by atoms with Crippen molar-refractivity contribution in [1.82, 2.24) is 9.88 Å². The fraction of sp³-hybridized carbons (Fsp3) is 0.296. The number of benzene rings is 2. The molecular formula is C27H28ClN3O3. The van der Waals surface area contributed by atoms with Crippen LogP contribution in [0.15, 0.2) is 77.9 Å². The molecule has 6 nitrogen and oxygen atoms in total. The molecule has 2 aromatic carbocycles. The predicted molar refractivity (Wildman–Crippen MR) is 134 cm³/mol. The topological polar surface area (TPSA) is 64.0 Å². The van der Waals surface area contributed by atoms with Crippen LogP contribution in [0.4, 0.5) is 10.5 Å². The highest BCUT2D eigenvalue weighted by Crippen LogP contribution is 2.30. The zero-order valence-corrected chi connectivity index (χ0v) is 20.3. The van der Waals surface area contributed by atoms with E-state index in [1.165, 1.54) is 0 Å². The summed E-state index contributed by atoms with van der Waals surface area (Å²) in [6.07, 6.45) is 0.881. The smallest absolute Gasteiger partial charge is 0.410 e. The van der Waals surface area contributed by atoms with Crippen molar-refractivity contribution >= 4 is 29.1 Å². The molecule has 34 heavy (non-hydrogen) atoms. The first-order valence-electron chi connectivity index (χ1n) is 11.2. The third-order valence-corrected chi connectivity index (χ3v) is 5.52. The number of morpholine rings is 1. The number of hydrogen-bond donors (Lipinski definition) is 0. The third-order valence-electron chi connectivity index (χ3n) is 5.21. The normalized spacial score (nSPS) is 16.1. The van der Waals surface area contributed by atoms with Crippen LogP contribution < -0.4 is 0 Å². The second-order valence-electron chi connectivity index (χ2n) is 9.04. The molecule has 1 aliphatic heterocycles. The first-order valence-corrected chi connectivity index (χ1v) is 11.6. The molecular weight excluding hydrogens is 450 g/mol. The molecule has 2 heterocycles. The van der Waals surface area contributed by atoms with Crippen molar-refractivity contribution in [2.75, 3.05) is 19.7 Å². The molecule has 176 valence electrons. The van der Waals surface area contributed by atoms with Gasteiger partial charge in [0.15, 0.2) is 0 Å². The SMILES string of the molecule is CC(C)(C)OC(=O)N1CCOC(c2ncc(N=C(c3ccccc3)c3ccccc3)cc2Cl)C1. The van der Waals surface area contributed by atoms with Crippen LogP contribution in [0.1, 0.15) is 43.7 Å². The summed E-state index contributed by atoms with van der Waals surface area (Å²) in [6, 6.07) is 21.8. The summed E-state index contributed by atoms with van der Waals surface area (Å²) in [5.74, 6) is 0. The van der Waals surface area contributed by atoms with Gasteiger partial charge in [-0.1, -0.05) is 72.3 Å². The number of nitrogens with zero attached hydrogens (tertiary/aromatic N) is 3. The second-order valence-corrected chi connectivity index (χ2v) is 9.45. The van der Waals surface area contributed by atoms with Gasteiger partial charge in [0.05, 0.1) is 41.5 Å². The molecule has 1 aromatic heterocycles. The molecule has 1 fully saturated rings. The molecule has 0 radical (unpaired) electrons. The Balaban J connectivity index is 1.59. The van der Waals surface area contributed by atoms with E-state index >= 15 is 0 Å². The molecule has 1 saturated heterocycles. The number of ether oxygens (including phenoxy) is 2. The minimum atomic E-state index is -0.560. The number of pyridine rings is 1. The number of halogens is 1. The molecule has 0 spiro atoms. The lowest BCUT2D eigenvalue weighted by Gasteiger charge is -2.34. The van der Waals surface area contributed by atoms with Gasteiger partial charge in [-0.2, -0.15) is 0 Å². The van der Waals surface area contributed by atoms with E-state index in [9.17, 15) is 4.79 Å². The fourth-order valence-electron chi connectivity index (χ4n) is 3.66. The molecule has 4 rings (SSSR count). The van der Waals surface area contributed by atoms with Gasteiger partial charge in [-0.05, 0) is 26.8 Å². The zero-order chi connectivity index (χ0) is 24.1. The summed E-state index contributed by atoms with van der Waals surface area (Å²) in [7, 11) is 0. The lowest BCUT2D eigenvalue weighted by molar-refractivity contribution is -0.0446. The molecule has 3 aromatic rings. The number of amides is 1. The van der Waals surface area contributed by atoms with Gasteiger partial charge in [-0.15, -0.1) is 0 Å². The van der Waals surface area contributed by atoms with E-state index in [0.29, 0.717) is 36.1 Å². The van der Waals surface area contributed by atoms with Gasteiger partial charge in [-0.25, -0.2) is 9.79 Å². The Morgan fingerprint density at radius 1 is 1.09 bits per heavy atom. The van der Waals surface area contributed by atoms with Crippen LogP contribution in [0.25, 0.3) is 0 Å². The monoisotopic (exact) mass is 477 g/mol. The van der Waals surface area contributed by atoms with E-state index in [0.717, 1.165) is 16.8 Å². The van der Waals surface area contributed by atoms with Crippen molar-refractivity contribution in [2.24, 2.45) is 4.99 Å². The van der Waals surface area contributed by atoms with E-state index in [1.54, 1.807) is 17.2 Å². The van der Waals surface area contributed by atoms with Gasteiger partial charge < -0.3 is 14.4 Å². The van der Waals surface area contributed by atoms with Gasteiger partial charge in [-0.3, -0.25) is 4.98 Å². The maximum atomic E-state index is 12.5. The predicted octanol–water partition coefficient (Wildman–Crippen LogP) is 6.21. The number of hydrogen-bond acceptors (Lipinski definition) is 5. The molecule has 0 N–H and O–H groups in total. The number of aromatic nitrogens is 1. The summed E-state index contributed by atoms with van der Waals surface area (Å²) in [4.78, 5) is 23.6. The maximum absolute atomic E-state index is 12.5. The standard InChI is InChI=1S/C27H28ClN3O3/c1-27(2,3)34-26(32)31-14-15-33-23(18-31)25-22(28)16-21(17-29-25)30-24(19-10-6-4-7-11-19)20-12-8-5-9-13-20/h4-13,16-17,23H,14-15,18H2,1-3H3. The number of rotatable bonds is 4. The number of carbonyl (C=O) groups excluding carboxylic acids is 1. The van der Waals surface area contributed by atoms with Gasteiger partial charge in [0, 0.05) is 17.7 Å². The highest BCUT2D eigenvalue weighted by atomic mass is 35.5. The third kappa shape index (κ3) is 6.01. The molecule has 0 bridgehead atoms. The molecule has 1 unspecified atom stereocenters. The quantitative estimate of drug-likeness (QED) is 0.419. The van der Waals surface area contributed by atoms with Crippen LogP contribution in [-0.2, 0) is 9.47 Å². The first kappa shape index (κ1) is 23.9. The van der Waals surface area contributed by atoms with Crippen LogP contribution in [-0.4, -0.2) is 47.0 Å². The number of carbonyl (C=O) groups is 1. The summed E-state index contributed by atoms with van der Waals surface area (Å²) in [5.41, 5.74) is 3.48. The van der Waals surface area contributed by atoms with Crippen molar-refractivity contribution < 1.29 is 14.3 Å². The Labute approximate surface area is 205 Å². The minimum absolute atomic E-state index is 0.323. The fourth-order valence-corrected chi connectivity index (χ4v) is 3.94. The lowest BCUT2D eigenvalue weighted by Crippen LogP contribution is -2.44. The van der Waals surface area contributed by atoms with Crippen molar-refractivity contribution in [3.05, 3.63) is 94.8 Å². The molecule has 1 atom stereocenters. The summed E-state index contributed by atoms with van der Waals surface area (Å²) < 4.78 is 11.4. The highest BCUT2D eigenvalue weighted by molar-refractivity contribution is 6.31. The number of aliphatic imine (C=N–C) groups is 1. The van der Waals surface area contributed by atoms with E-state index in [2.05, 4.69) is 4.98 Å². The largest absolute Gasteiger partial charge is 0.444 e. The highest BCUT2D eigenvalue weighted by Gasteiger charge is 2.30. The summed E-state index contributed by atoms with van der Waals surface area (Å²) in [5, 5.41) is 0.442. The van der Waals surface area contributed by atoms with Gasteiger partial charge in [0.2, 0.25) is 0 Å². The Kier molecular flexibility index (Phi) is 7.29. The molecule has 0 saturated carbocycles. The van der Waals surface area contributed by atoms with Crippen LogP contribution >= 0.6 is 11.6 Å². The first-order chi connectivity index (χ1) is 16.3. The summed E-state index contributed by atoms with van der Waals surface area (Å²) in [6.45, 7) is 6.71. The molecule has 0 aliphatic carbocycles. The van der Waals surface area contributed by atoms with Crippen LogP contribution in [0.2, 0.25) is 5.02 Å². The molecule has 1 amide bonds. The van der Waals surface area contributed by atoms with Gasteiger partial charge in [0.25, 0.3) is 0 Å². The van der Waals surface area contributed by atoms with Gasteiger partial charge >= 0.3 is 6.09 Å². The van der Waals surface area contributed by atoms with Crippen LogP contribution in [0.3, 0.4) is 0 Å². The van der Waals surface area contributed by atoms with Crippen molar-refractivity contribution in [2.45, 2.75) is 32.5 Å². The molecule has 7 heteroatoms. The van der Waals surface area contributed by atoms with E-state index in [-0.39, 0.29) is 6.09 Å². The Morgan fingerprint density at radius 2 is 1.71 bits per heavy atom. The minimum Gasteiger partial charge on any atom is -0.444 e. The van der Waals surface area contributed by atoms with E-state index in [4.69, 9.17) is 26.1 Å². The van der Waals surface area contributed by atoms with Crippen molar-refractivity contribution in [3.63, 3.8) is 0 Å². The summed E-state index contributed by atoms with van der Waals surface area (Å²) >= 11 is 6.63. The van der Waals surface area contributed by atoms with Crippen molar-refractivity contribution in [3.8, 4) is 0 Å². The van der Waals surface area contributed by atoms with E-state index in [1.807, 2.05) is 81.4 Å². The van der Waals surface area contributed by atoms with Crippen molar-refractivity contribution in [1.29, 1.82) is 0 Å². The Morgan fingerprint density at radius 3 is 2.26 bits per heavy atom. The Bertz CT molecular complexity index is 1120. The Hall–Kier alpha value is -3.22. The molecule has 1 aliphatic rings. The van der Waals surface area contributed by atoms with Crippen LogP contribution in [0, 0.1) is 0 Å². The van der Waals surface area contributed by atoms with Gasteiger partial charge in [0.1, 0.15) is 11.7 Å². The maximum Gasteiger partial charge on any atom is 0.410 e. The average Bonchev–Trinajstić information content (AvgIpc) is 2.83. The average molecular weight is 478 g/mol. The van der Waals surface area contributed by atoms with E-state index < -0.39 is 11.7 Å². The lowest BCUT2D eigenvalue weighted by atomic mass is 10.0. The zero-order valence-electron chi connectivity index (χ0n) is 19.6. The van der Waals surface area contributed by atoms with Crippen LogP contribution in [0.5, 0.6) is 0 Å². The second kappa shape index (κ2) is 10.4.